The van der Waals surface area contributed by atoms with Crippen LogP contribution in [-0.4, -0.2) is 22.6 Å². The van der Waals surface area contributed by atoms with Crippen molar-refractivity contribution >= 4 is 17.6 Å². The number of methoxy groups -OCH3 is 1. The molecule has 0 aliphatic rings. The maximum atomic E-state index is 11.7. The van der Waals surface area contributed by atoms with Crippen molar-refractivity contribution in [3.05, 3.63) is 29.8 Å². The van der Waals surface area contributed by atoms with Gasteiger partial charge in [-0.1, -0.05) is 16.5 Å². The first-order valence-corrected chi connectivity index (χ1v) is 6.14. The topological polar surface area (TPSA) is 44.6 Å². The third kappa shape index (κ3) is 3.87. The normalized spacial score (nSPS) is 14.1. The molecule has 0 spiro atoms. The molecule has 1 rings (SSSR count). The summed E-state index contributed by atoms with van der Waals surface area (Å²) in [5.41, 5.74) is 0.886. The Balaban J connectivity index is 2.76. The van der Waals surface area contributed by atoms with Crippen molar-refractivity contribution in [1.82, 2.24) is 0 Å². The van der Waals surface area contributed by atoms with Crippen molar-refractivity contribution in [2.45, 2.75) is 25.5 Å². The lowest BCUT2D eigenvalue weighted by atomic mass is 10.2. The Bertz CT molecular complexity index is 372. The van der Waals surface area contributed by atoms with Crippen LogP contribution in [0.1, 0.15) is 26.3 Å². The minimum atomic E-state index is -1.22. The first-order valence-electron chi connectivity index (χ1n) is 5.03. The van der Waals surface area contributed by atoms with Gasteiger partial charge in [-0.05, 0) is 32.9 Å². The summed E-state index contributed by atoms with van der Waals surface area (Å²) in [5.74, 6) is 0.769. The van der Waals surface area contributed by atoms with Crippen molar-refractivity contribution in [2.75, 3.05) is 7.11 Å². The Morgan fingerprint density at radius 3 is 2.62 bits per heavy atom. The van der Waals surface area contributed by atoms with Gasteiger partial charge in [0.05, 0.1) is 13.3 Å². The average Bonchev–Trinajstić information content (AvgIpc) is 2.25. The molecule has 0 heterocycles. The maximum Gasteiger partial charge on any atom is 0.144 e. The third-order valence-electron chi connectivity index (χ3n) is 1.92. The summed E-state index contributed by atoms with van der Waals surface area (Å²) in [5, 5.41) is 0. The minimum absolute atomic E-state index is 0.324. The summed E-state index contributed by atoms with van der Waals surface area (Å²) in [6.45, 7) is 5.68. The lowest BCUT2D eigenvalue weighted by Crippen LogP contribution is -2.25. The zero-order valence-electron chi connectivity index (χ0n) is 10.1. The van der Waals surface area contributed by atoms with Gasteiger partial charge in [0.15, 0.2) is 0 Å². The fourth-order valence-corrected chi connectivity index (χ4v) is 1.52. The average molecular weight is 239 g/mol. The molecule has 0 N–H and O–H groups in total. The van der Waals surface area contributed by atoms with E-state index in [2.05, 4.69) is 4.40 Å². The number of rotatable bonds is 3. The quantitative estimate of drug-likeness (QED) is 0.601. The van der Waals surface area contributed by atoms with Crippen molar-refractivity contribution < 1.29 is 9.29 Å². The maximum absolute atomic E-state index is 11.7. The number of hydrogen-bond donors (Lipinski definition) is 0. The van der Waals surface area contributed by atoms with Crippen LogP contribution in [0.2, 0.25) is 0 Å². The van der Waals surface area contributed by atoms with Crippen molar-refractivity contribution in [1.29, 1.82) is 0 Å². The second-order valence-corrected chi connectivity index (χ2v) is 6.31. The summed E-state index contributed by atoms with van der Waals surface area (Å²) in [7, 11) is 1.61. The molecular weight excluding hydrogens is 222 g/mol. The van der Waals surface area contributed by atoms with Crippen LogP contribution in [0.15, 0.2) is 28.7 Å². The highest BCUT2D eigenvalue weighted by Crippen LogP contribution is 2.17. The predicted octanol–water partition coefficient (Wildman–Crippen LogP) is 2.58. The second-order valence-electron chi connectivity index (χ2n) is 4.37. The van der Waals surface area contributed by atoms with Gasteiger partial charge in [-0.3, -0.25) is 0 Å². The lowest BCUT2D eigenvalue weighted by molar-refractivity contribution is 0.415. The molecule has 1 aromatic carbocycles. The molecule has 0 aliphatic carbocycles. The second kappa shape index (κ2) is 5.37. The number of ether oxygens (including phenoxy) is 1. The van der Waals surface area contributed by atoms with E-state index in [4.69, 9.17) is 4.74 Å². The molecule has 0 aliphatic heterocycles. The van der Waals surface area contributed by atoms with Crippen LogP contribution in [0, 0.1) is 0 Å². The summed E-state index contributed by atoms with van der Waals surface area (Å²) in [6.07, 6.45) is 1.61. The van der Waals surface area contributed by atoms with Crippen molar-refractivity contribution in [3.63, 3.8) is 0 Å². The molecule has 3 nitrogen and oxygen atoms in total. The molecule has 0 bridgehead atoms. The smallest absolute Gasteiger partial charge is 0.144 e. The Morgan fingerprint density at radius 2 is 2.06 bits per heavy atom. The van der Waals surface area contributed by atoms with Crippen LogP contribution in [0.4, 0.5) is 0 Å². The monoisotopic (exact) mass is 239 g/mol. The third-order valence-corrected chi connectivity index (χ3v) is 3.26. The SMILES string of the molecule is COc1cccc(/C=N/[S+]([O-])C(C)(C)C)c1. The lowest BCUT2D eigenvalue weighted by Gasteiger charge is -2.17. The Morgan fingerprint density at radius 1 is 1.38 bits per heavy atom. The number of benzene rings is 1. The summed E-state index contributed by atoms with van der Waals surface area (Å²) >= 11 is -1.22. The molecule has 0 aromatic heterocycles. The molecule has 88 valence electrons. The molecule has 0 saturated carbocycles. The molecule has 16 heavy (non-hydrogen) atoms. The largest absolute Gasteiger partial charge is 0.591 e. The zero-order chi connectivity index (χ0) is 12.2. The minimum Gasteiger partial charge on any atom is -0.591 e. The van der Waals surface area contributed by atoms with Gasteiger partial charge in [0.2, 0.25) is 0 Å². The van der Waals surface area contributed by atoms with Gasteiger partial charge in [0.1, 0.15) is 21.9 Å². The van der Waals surface area contributed by atoms with E-state index in [0.717, 1.165) is 11.3 Å². The van der Waals surface area contributed by atoms with Gasteiger partial charge in [-0.25, -0.2) is 0 Å². The molecule has 0 radical (unpaired) electrons. The number of nitrogens with zero attached hydrogens (tertiary/aromatic N) is 1. The molecule has 4 heteroatoms. The van der Waals surface area contributed by atoms with Gasteiger partial charge < -0.3 is 9.29 Å². The zero-order valence-corrected chi connectivity index (χ0v) is 10.9. The fraction of sp³-hybridized carbons (Fsp3) is 0.417. The van der Waals surface area contributed by atoms with E-state index in [1.54, 1.807) is 13.3 Å². The van der Waals surface area contributed by atoms with Gasteiger partial charge in [0, 0.05) is 5.56 Å². The van der Waals surface area contributed by atoms with E-state index in [1.165, 1.54) is 0 Å². The summed E-state index contributed by atoms with van der Waals surface area (Å²) in [4.78, 5) is 0. The van der Waals surface area contributed by atoms with Gasteiger partial charge >= 0.3 is 0 Å². The van der Waals surface area contributed by atoms with E-state index in [0.29, 0.717) is 0 Å². The Hall–Kier alpha value is -1.00. The van der Waals surface area contributed by atoms with Crippen LogP contribution in [0.5, 0.6) is 5.75 Å². The molecule has 1 unspecified atom stereocenters. The Kier molecular flexibility index (Phi) is 4.38. The first kappa shape index (κ1) is 13.1. The van der Waals surface area contributed by atoms with E-state index in [9.17, 15) is 4.55 Å². The van der Waals surface area contributed by atoms with E-state index < -0.39 is 11.4 Å². The van der Waals surface area contributed by atoms with Gasteiger partial charge in [0.25, 0.3) is 0 Å². The highest BCUT2D eigenvalue weighted by atomic mass is 32.2. The van der Waals surface area contributed by atoms with E-state index >= 15 is 0 Å². The summed E-state index contributed by atoms with van der Waals surface area (Å²) in [6, 6.07) is 7.48. The molecule has 0 fully saturated rings. The van der Waals surface area contributed by atoms with Gasteiger partial charge in [-0.15, -0.1) is 0 Å². The van der Waals surface area contributed by atoms with Crippen molar-refractivity contribution in [3.8, 4) is 5.75 Å². The molecule has 0 saturated heterocycles. The highest BCUT2D eigenvalue weighted by Gasteiger charge is 2.25. The van der Waals surface area contributed by atoms with Crippen LogP contribution in [0.25, 0.3) is 0 Å². The number of hydrogen-bond acceptors (Lipinski definition) is 3. The van der Waals surface area contributed by atoms with Crippen LogP contribution >= 0.6 is 0 Å². The van der Waals surface area contributed by atoms with Crippen LogP contribution in [-0.2, 0) is 11.4 Å². The highest BCUT2D eigenvalue weighted by molar-refractivity contribution is 7.91. The molecule has 0 amide bonds. The molecule has 1 atom stereocenters. The standard InChI is InChI=1S/C12H17NO2S/c1-12(2,3)16(14)13-9-10-6-5-7-11(8-10)15-4/h5-9H,1-4H3/b13-9+. The molecular formula is C12H17NO2S. The summed E-state index contributed by atoms with van der Waals surface area (Å²) < 4.78 is 20.5. The van der Waals surface area contributed by atoms with Crippen LogP contribution < -0.4 is 4.74 Å². The fourth-order valence-electron chi connectivity index (χ4n) is 0.989. The van der Waals surface area contributed by atoms with Crippen molar-refractivity contribution in [2.24, 2.45) is 4.40 Å². The molecule has 1 aromatic rings. The first-order chi connectivity index (χ1) is 7.43. The van der Waals surface area contributed by atoms with Gasteiger partial charge in [-0.2, -0.15) is 0 Å². The Labute approximate surface area is 99.9 Å². The van der Waals surface area contributed by atoms with E-state index in [-0.39, 0.29) is 4.75 Å². The predicted molar refractivity (Wildman–Crippen MR) is 68.5 cm³/mol. The van der Waals surface area contributed by atoms with Crippen LogP contribution in [0.3, 0.4) is 0 Å². The van der Waals surface area contributed by atoms with E-state index in [1.807, 2.05) is 45.0 Å².